The fourth-order valence-electron chi connectivity index (χ4n) is 5.38. The molecule has 0 aliphatic heterocycles. The molecule has 0 radical (unpaired) electrons. The van der Waals surface area contributed by atoms with Crippen LogP contribution in [0, 0.1) is 0 Å². The lowest BCUT2D eigenvalue weighted by Gasteiger charge is -2.23. The topological polar surface area (TPSA) is 131 Å². The maximum atomic E-state index is 12.7. The normalized spacial score (nSPS) is 14.6. The number of hydrogen-bond acceptors (Lipinski definition) is 6. The number of phosphoric acid groups is 1. The van der Waals surface area contributed by atoms with Gasteiger partial charge in [0.2, 0.25) is 5.91 Å². The molecule has 3 atom stereocenters. The quantitative estimate of drug-likeness (QED) is 0.0299. The lowest BCUT2D eigenvalue weighted by Crippen LogP contribution is -2.45. The number of carbonyl (C=O) groups excluding carboxylic acids is 1. The van der Waals surface area contributed by atoms with Crippen molar-refractivity contribution >= 4 is 13.7 Å². The van der Waals surface area contributed by atoms with Crippen LogP contribution < -0.4 is 11.1 Å². The van der Waals surface area contributed by atoms with E-state index in [1.54, 1.807) is 6.08 Å². The minimum Gasteiger partial charge on any atom is -0.387 e. The van der Waals surface area contributed by atoms with E-state index in [2.05, 4.69) is 31.3 Å². The Kier molecular flexibility index (Phi) is 33.1. The molecular formula is C37H73N2O6P. The molecule has 0 aromatic carbocycles. The minimum atomic E-state index is -4.33. The first kappa shape index (κ1) is 45.0. The number of nitrogens with two attached hydrogens (primary N) is 1. The van der Waals surface area contributed by atoms with Crippen LogP contribution in [0.1, 0.15) is 174 Å². The molecule has 0 saturated heterocycles. The number of unbranched alkanes of at least 4 members (excludes halogenated alkanes) is 21. The Morgan fingerprint density at radius 3 is 1.67 bits per heavy atom. The van der Waals surface area contributed by atoms with Gasteiger partial charge in [-0.25, -0.2) is 4.57 Å². The zero-order chi connectivity index (χ0) is 34.0. The molecule has 0 spiro atoms. The molecule has 0 heterocycles. The van der Waals surface area contributed by atoms with E-state index in [4.69, 9.17) is 14.8 Å². The Morgan fingerprint density at radius 1 is 0.696 bits per heavy atom. The van der Waals surface area contributed by atoms with E-state index >= 15 is 0 Å². The summed E-state index contributed by atoms with van der Waals surface area (Å²) < 4.78 is 22.0. The summed E-state index contributed by atoms with van der Waals surface area (Å²) in [5.41, 5.74) is 5.35. The molecule has 0 aromatic rings. The van der Waals surface area contributed by atoms with Gasteiger partial charge >= 0.3 is 7.82 Å². The van der Waals surface area contributed by atoms with E-state index < -0.39 is 20.0 Å². The average Bonchev–Trinajstić information content (AvgIpc) is 3.04. The van der Waals surface area contributed by atoms with Crippen molar-refractivity contribution in [3.8, 4) is 0 Å². The second-order valence-electron chi connectivity index (χ2n) is 12.8. The molecule has 8 nitrogen and oxygen atoms in total. The number of allylic oxidation sites excluding steroid dienone is 3. The molecule has 1 amide bonds. The van der Waals surface area contributed by atoms with E-state index in [-0.39, 0.29) is 25.7 Å². The number of nitrogens with one attached hydrogen (secondary N) is 1. The first-order chi connectivity index (χ1) is 22.4. The number of hydrogen-bond donors (Lipinski definition) is 4. The molecule has 0 fully saturated rings. The highest BCUT2D eigenvalue weighted by atomic mass is 31.2. The summed E-state index contributed by atoms with van der Waals surface area (Å²) in [6.45, 7) is 4.09. The predicted molar refractivity (Wildman–Crippen MR) is 194 cm³/mol. The molecule has 0 aliphatic rings. The zero-order valence-corrected chi connectivity index (χ0v) is 30.7. The van der Waals surface area contributed by atoms with Crippen LogP contribution in [0.4, 0.5) is 0 Å². The van der Waals surface area contributed by atoms with Gasteiger partial charge in [-0.1, -0.05) is 160 Å². The summed E-state index contributed by atoms with van der Waals surface area (Å²) in [6, 6.07) is -0.870. The van der Waals surface area contributed by atoms with E-state index in [1.165, 1.54) is 116 Å². The molecule has 9 heteroatoms. The van der Waals surface area contributed by atoms with Gasteiger partial charge in [-0.05, 0) is 32.1 Å². The standard InChI is InChI=1S/C37H73N2O6P/c1-3-5-7-9-11-13-15-17-19-20-22-24-26-28-30-36(40)35(34-45-46(42,43)44-33-32-38)39-37(41)31-29-27-25-23-21-18-16-14-12-10-8-6-4-2/h20,22,28,30,35-36,40H,3-19,21,23-27,29,31-34,38H2,1-2H3,(H,39,41)(H,42,43)/b22-20+,30-28+. The molecule has 0 aromatic heterocycles. The van der Waals surface area contributed by atoms with E-state index in [9.17, 15) is 19.4 Å². The highest BCUT2D eigenvalue weighted by molar-refractivity contribution is 7.47. The largest absolute Gasteiger partial charge is 0.472 e. The zero-order valence-electron chi connectivity index (χ0n) is 29.8. The molecule has 46 heavy (non-hydrogen) atoms. The van der Waals surface area contributed by atoms with Crippen LogP contribution in [0.5, 0.6) is 0 Å². The van der Waals surface area contributed by atoms with Crippen molar-refractivity contribution in [2.75, 3.05) is 19.8 Å². The van der Waals surface area contributed by atoms with Gasteiger partial charge in [0.15, 0.2) is 0 Å². The van der Waals surface area contributed by atoms with Crippen LogP contribution in [0.15, 0.2) is 24.3 Å². The van der Waals surface area contributed by atoms with Crippen molar-refractivity contribution in [3.63, 3.8) is 0 Å². The summed E-state index contributed by atoms with van der Waals surface area (Å²) >= 11 is 0. The smallest absolute Gasteiger partial charge is 0.387 e. The third-order valence-electron chi connectivity index (χ3n) is 8.28. The molecule has 0 bridgehead atoms. The molecule has 272 valence electrons. The van der Waals surface area contributed by atoms with Crippen LogP contribution in [-0.2, 0) is 18.4 Å². The van der Waals surface area contributed by atoms with E-state index in [1.807, 2.05) is 6.08 Å². The van der Waals surface area contributed by atoms with Crippen LogP contribution in [0.25, 0.3) is 0 Å². The van der Waals surface area contributed by atoms with Crippen molar-refractivity contribution in [1.29, 1.82) is 0 Å². The maximum Gasteiger partial charge on any atom is 0.472 e. The third kappa shape index (κ3) is 31.6. The van der Waals surface area contributed by atoms with Crippen molar-refractivity contribution in [2.24, 2.45) is 5.73 Å². The van der Waals surface area contributed by atoms with E-state index in [0.717, 1.165) is 38.5 Å². The van der Waals surface area contributed by atoms with Crippen LogP contribution in [0.2, 0.25) is 0 Å². The summed E-state index contributed by atoms with van der Waals surface area (Å²) in [7, 11) is -4.33. The Balaban J connectivity index is 4.37. The number of phosphoric ester groups is 1. The number of rotatable bonds is 35. The van der Waals surface area contributed by atoms with E-state index in [0.29, 0.717) is 6.42 Å². The highest BCUT2D eigenvalue weighted by Crippen LogP contribution is 2.43. The van der Waals surface area contributed by atoms with Crippen LogP contribution in [0.3, 0.4) is 0 Å². The molecule has 3 unspecified atom stereocenters. The van der Waals surface area contributed by atoms with Gasteiger partial charge in [0.1, 0.15) is 0 Å². The lowest BCUT2D eigenvalue weighted by atomic mass is 10.0. The first-order valence-electron chi connectivity index (χ1n) is 19.0. The Labute approximate surface area is 283 Å². The third-order valence-corrected chi connectivity index (χ3v) is 9.26. The molecule has 0 saturated carbocycles. The first-order valence-corrected chi connectivity index (χ1v) is 20.5. The second-order valence-corrected chi connectivity index (χ2v) is 14.2. The van der Waals surface area contributed by atoms with Gasteiger partial charge in [0.05, 0.1) is 25.4 Å². The van der Waals surface area contributed by atoms with Gasteiger partial charge in [-0.15, -0.1) is 0 Å². The summed E-state index contributed by atoms with van der Waals surface area (Å²) in [5.74, 6) is -0.205. The maximum absolute atomic E-state index is 12.7. The fraction of sp³-hybridized carbons (Fsp3) is 0.865. The molecule has 5 N–H and O–H groups in total. The molecule has 0 rings (SSSR count). The van der Waals surface area contributed by atoms with Gasteiger partial charge in [-0.3, -0.25) is 13.8 Å². The SMILES string of the molecule is CCCCCCCCCC/C=C/CC/C=C/C(O)C(COP(=O)(O)OCCN)NC(=O)CCCCCCCCCCCCCCC. The van der Waals surface area contributed by atoms with Crippen molar-refractivity contribution < 1.29 is 28.4 Å². The fourth-order valence-corrected chi connectivity index (χ4v) is 6.14. The molecule has 0 aliphatic carbocycles. The summed E-state index contributed by atoms with van der Waals surface area (Å²) in [5, 5.41) is 13.6. The Bertz CT molecular complexity index is 779. The van der Waals surface area contributed by atoms with Gasteiger partial charge < -0.3 is 21.1 Å². The summed E-state index contributed by atoms with van der Waals surface area (Å²) in [4.78, 5) is 22.6. The number of amides is 1. The van der Waals surface area contributed by atoms with Crippen molar-refractivity contribution in [3.05, 3.63) is 24.3 Å². The number of aliphatic hydroxyl groups excluding tert-OH is 1. The minimum absolute atomic E-state index is 0.0755. The van der Waals surface area contributed by atoms with Gasteiger partial charge in [0.25, 0.3) is 0 Å². The summed E-state index contributed by atoms with van der Waals surface area (Å²) in [6.07, 6.45) is 36.5. The van der Waals surface area contributed by atoms with Crippen LogP contribution >= 0.6 is 7.82 Å². The lowest BCUT2D eigenvalue weighted by molar-refractivity contribution is -0.123. The average molecular weight is 673 g/mol. The van der Waals surface area contributed by atoms with Crippen molar-refractivity contribution in [2.45, 2.75) is 187 Å². The predicted octanol–water partition coefficient (Wildman–Crippen LogP) is 9.83. The van der Waals surface area contributed by atoms with Gasteiger partial charge in [0, 0.05) is 13.0 Å². The van der Waals surface area contributed by atoms with Gasteiger partial charge in [-0.2, -0.15) is 0 Å². The molecular weight excluding hydrogens is 599 g/mol. The monoisotopic (exact) mass is 673 g/mol. The highest BCUT2D eigenvalue weighted by Gasteiger charge is 2.26. The number of carbonyl (C=O) groups is 1. The van der Waals surface area contributed by atoms with Crippen LogP contribution in [-0.4, -0.2) is 47.8 Å². The number of aliphatic hydroxyl groups is 1. The Hall–Kier alpha value is -1.02. The second kappa shape index (κ2) is 33.9. The Morgan fingerprint density at radius 2 is 1.15 bits per heavy atom. The van der Waals surface area contributed by atoms with Crippen molar-refractivity contribution in [1.82, 2.24) is 5.32 Å².